The van der Waals surface area contributed by atoms with Gasteiger partial charge in [0.25, 0.3) is 5.91 Å². The number of ether oxygens (including phenoxy) is 1. The number of hydrogen-bond acceptors (Lipinski definition) is 4. The Bertz CT molecular complexity index is 1080. The van der Waals surface area contributed by atoms with E-state index in [9.17, 15) is 19.1 Å². The molecule has 0 fully saturated rings. The highest BCUT2D eigenvalue weighted by molar-refractivity contribution is 6.00. The van der Waals surface area contributed by atoms with E-state index in [0.717, 1.165) is 0 Å². The van der Waals surface area contributed by atoms with Crippen LogP contribution >= 0.6 is 0 Å². The fourth-order valence-electron chi connectivity index (χ4n) is 3.98. The molecule has 6 heteroatoms. The minimum atomic E-state index is -1.26. The van der Waals surface area contributed by atoms with E-state index < -0.39 is 17.9 Å². The van der Waals surface area contributed by atoms with Gasteiger partial charge in [0.05, 0.1) is 19.1 Å². The fourth-order valence-corrected chi connectivity index (χ4v) is 3.98. The zero-order chi connectivity index (χ0) is 21.3. The molecular weight excluding hydrogens is 385 g/mol. The molecule has 0 unspecified atom stereocenters. The van der Waals surface area contributed by atoms with E-state index in [1.165, 1.54) is 17.0 Å². The van der Waals surface area contributed by atoms with Gasteiger partial charge in [-0.05, 0) is 47.0 Å². The smallest absolute Gasteiger partial charge is 0.255 e. The molecule has 3 aromatic carbocycles. The van der Waals surface area contributed by atoms with Crippen molar-refractivity contribution < 1.29 is 23.8 Å². The SMILES string of the molecule is COc1ccc([C@@H]2[C@@H](C(=O)[O-])c3ccccc3C(=O)N2Cc2ccc(F)cc2)cc1. The highest BCUT2D eigenvalue weighted by Crippen LogP contribution is 2.43. The minimum Gasteiger partial charge on any atom is -0.549 e. The average Bonchev–Trinajstić information content (AvgIpc) is 2.76. The number of carboxylic acid groups (broad SMARTS) is 1. The first-order valence-corrected chi connectivity index (χ1v) is 9.48. The zero-order valence-electron chi connectivity index (χ0n) is 16.2. The van der Waals surface area contributed by atoms with Crippen LogP contribution in [0.15, 0.2) is 72.8 Å². The molecule has 0 radical (unpaired) electrons. The summed E-state index contributed by atoms with van der Waals surface area (Å²) in [5.74, 6) is -2.36. The number of fused-ring (bicyclic) bond motifs is 1. The molecule has 1 amide bonds. The molecule has 4 rings (SSSR count). The molecule has 0 aromatic heterocycles. The number of benzene rings is 3. The van der Waals surface area contributed by atoms with E-state index in [1.807, 2.05) is 0 Å². The average molecular weight is 404 g/mol. The second-order valence-electron chi connectivity index (χ2n) is 7.16. The van der Waals surface area contributed by atoms with Crippen molar-refractivity contribution >= 4 is 11.9 Å². The molecule has 1 aliphatic heterocycles. The summed E-state index contributed by atoms with van der Waals surface area (Å²) in [6, 6.07) is 18.7. The van der Waals surface area contributed by atoms with Crippen molar-refractivity contribution in [2.45, 2.75) is 18.5 Å². The number of aliphatic carboxylic acids is 1. The topological polar surface area (TPSA) is 69.7 Å². The van der Waals surface area contributed by atoms with Gasteiger partial charge < -0.3 is 19.5 Å². The van der Waals surface area contributed by atoms with Crippen LogP contribution in [0.2, 0.25) is 0 Å². The summed E-state index contributed by atoms with van der Waals surface area (Å²) in [4.78, 5) is 27.1. The minimum absolute atomic E-state index is 0.133. The summed E-state index contributed by atoms with van der Waals surface area (Å²) >= 11 is 0. The molecule has 0 saturated carbocycles. The van der Waals surface area contributed by atoms with Crippen molar-refractivity contribution in [1.82, 2.24) is 4.90 Å². The summed E-state index contributed by atoms with van der Waals surface area (Å²) in [5, 5.41) is 12.2. The van der Waals surface area contributed by atoms with Crippen LogP contribution in [-0.2, 0) is 11.3 Å². The van der Waals surface area contributed by atoms with E-state index in [1.54, 1.807) is 67.8 Å². The molecule has 0 spiro atoms. The summed E-state index contributed by atoms with van der Waals surface area (Å²) in [6.07, 6.45) is 0. The number of hydrogen-bond donors (Lipinski definition) is 0. The summed E-state index contributed by atoms with van der Waals surface area (Å²) in [6.45, 7) is 0.133. The first-order chi connectivity index (χ1) is 14.5. The van der Waals surface area contributed by atoms with E-state index in [2.05, 4.69) is 0 Å². The van der Waals surface area contributed by atoms with E-state index >= 15 is 0 Å². The molecule has 1 aliphatic rings. The highest BCUT2D eigenvalue weighted by atomic mass is 19.1. The predicted molar refractivity (Wildman–Crippen MR) is 106 cm³/mol. The van der Waals surface area contributed by atoms with Crippen molar-refractivity contribution in [3.05, 3.63) is 101 Å². The van der Waals surface area contributed by atoms with Gasteiger partial charge in [0.1, 0.15) is 11.6 Å². The summed E-state index contributed by atoms with van der Waals surface area (Å²) < 4.78 is 18.5. The number of halogens is 1. The molecule has 0 N–H and O–H groups in total. The number of amides is 1. The molecule has 0 aliphatic carbocycles. The Hall–Kier alpha value is -3.67. The Morgan fingerprint density at radius 2 is 1.70 bits per heavy atom. The fraction of sp³-hybridized carbons (Fsp3) is 0.167. The molecule has 30 heavy (non-hydrogen) atoms. The van der Waals surface area contributed by atoms with Crippen LogP contribution in [0.4, 0.5) is 4.39 Å². The van der Waals surface area contributed by atoms with E-state index in [4.69, 9.17) is 4.74 Å². The van der Waals surface area contributed by atoms with Crippen molar-refractivity contribution in [3.8, 4) is 5.75 Å². The Balaban J connectivity index is 1.85. The van der Waals surface area contributed by atoms with Crippen LogP contribution in [0, 0.1) is 5.82 Å². The maximum atomic E-state index is 13.4. The molecule has 5 nitrogen and oxygen atoms in total. The van der Waals surface area contributed by atoms with Gasteiger partial charge in [-0.15, -0.1) is 0 Å². The van der Waals surface area contributed by atoms with Gasteiger partial charge in [-0.1, -0.05) is 42.5 Å². The lowest BCUT2D eigenvalue weighted by atomic mass is 9.79. The van der Waals surface area contributed by atoms with Crippen molar-refractivity contribution in [2.24, 2.45) is 0 Å². The second kappa shape index (κ2) is 7.99. The number of rotatable bonds is 5. The van der Waals surface area contributed by atoms with Crippen LogP contribution in [0.1, 0.15) is 39.0 Å². The highest BCUT2D eigenvalue weighted by Gasteiger charge is 2.41. The molecule has 152 valence electrons. The van der Waals surface area contributed by atoms with Crippen molar-refractivity contribution in [1.29, 1.82) is 0 Å². The van der Waals surface area contributed by atoms with Gasteiger partial charge in [0.2, 0.25) is 0 Å². The second-order valence-corrected chi connectivity index (χ2v) is 7.16. The quantitative estimate of drug-likeness (QED) is 0.655. The van der Waals surface area contributed by atoms with E-state index in [0.29, 0.717) is 28.0 Å². The first kappa shape index (κ1) is 19.6. The molecule has 3 aromatic rings. The van der Waals surface area contributed by atoms with E-state index in [-0.39, 0.29) is 18.3 Å². The summed E-state index contributed by atoms with van der Waals surface area (Å²) in [5.41, 5.74) is 2.10. The van der Waals surface area contributed by atoms with Gasteiger partial charge in [0.15, 0.2) is 0 Å². The Labute approximate surface area is 173 Å². The number of nitrogens with zero attached hydrogens (tertiary/aromatic N) is 1. The number of methoxy groups -OCH3 is 1. The number of carbonyl (C=O) groups is 2. The maximum absolute atomic E-state index is 13.4. The van der Waals surface area contributed by atoms with Gasteiger partial charge in [0, 0.05) is 18.0 Å². The van der Waals surface area contributed by atoms with Crippen LogP contribution in [0.5, 0.6) is 5.75 Å². The molecule has 1 heterocycles. The van der Waals surface area contributed by atoms with Crippen molar-refractivity contribution in [2.75, 3.05) is 7.11 Å². The molecule has 0 saturated heterocycles. The largest absolute Gasteiger partial charge is 0.549 e. The first-order valence-electron chi connectivity index (χ1n) is 9.48. The van der Waals surface area contributed by atoms with Crippen LogP contribution in [0.25, 0.3) is 0 Å². The van der Waals surface area contributed by atoms with Gasteiger partial charge >= 0.3 is 0 Å². The molecule has 2 atom stereocenters. The lowest BCUT2D eigenvalue weighted by molar-refractivity contribution is -0.309. The Morgan fingerprint density at radius 3 is 2.33 bits per heavy atom. The summed E-state index contributed by atoms with van der Waals surface area (Å²) in [7, 11) is 1.54. The number of carbonyl (C=O) groups excluding carboxylic acids is 2. The third kappa shape index (κ3) is 3.52. The zero-order valence-corrected chi connectivity index (χ0v) is 16.2. The maximum Gasteiger partial charge on any atom is 0.255 e. The van der Waals surface area contributed by atoms with Gasteiger partial charge in [-0.2, -0.15) is 0 Å². The molecule has 0 bridgehead atoms. The normalized spacial score (nSPS) is 18.1. The number of carboxylic acids is 1. The monoisotopic (exact) mass is 404 g/mol. The van der Waals surface area contributed by atoms with Gasteiger partial charge in [-0.3, -0.25) is 4.79 Å². The molecular formula is C24H19FNO4-. The lowest BCUT2D eigenvalue weighted by Gasteiger charge is -2.43. The van der Waals surface area contributed by atoms with Crippen LogP contribution in [0.3, 0.4) is 0 Å². The Kier molecular flexibility index (Phi) is 5.23. The lowest BCUT2D eigenvalue weighted by Crippen LogP contribution is -2.47. The third-order valence-corrected chi connectivity index (χ3v) is 5.42. The van der Waals surface area contributed by atoms with Crippen LogP contribution < -0.4 is 9.84 Å². The van der Waals surface area contributed by atoms with Gasteiger partial charge in [-0.25, -0.2) is 4.39 Å². The standard InChI is InChI=1S/C24H20FNO4/c1-30-18-12-8-16(9-13-18)22-21(24(28)29)19-4-2-3-5-20(19)23(27)26(22)14-15-6-10-17(25)11-7-15/h2-13,21-22H,14H2,1H3,(H,28,29)/p-1/t21-,22+/m0/s1. The third-order valence-electron chi connectivity index (χ3n) is 5.42. The van der Waals surface area contributed by atoms with Crippen molar-refractivity contribution in [3.63, 3.8) is 0 Å². The predicted octanol–water partition coefficient (Wildman–Crippen LogP) is 3.07. The van der Waals surface area contributed by atoms with Crippen LogP contribution in [-0.4, -0.2) is 23.9 Å². The Morgan fingerprint density at radius 1 is 1.03 bits per heavy atom.